The molecule has 0 atom stereocenters. The third kappa shape index (κ3) is 10.6. The molecule has 0 N–H and O–H groups in total. The van der Waals surface area contributed by atoms with Gasteiger partial charge in [-0.15, -0.1) is 0 Å². The van der Waals surface area contributed by atoms with Crippen LogP contribution in [0.2, 0.25) is 0 Å². The average molecular weight is 833 g/mol. The molecular formula is C57H52O6. The maximum Gasteiger partial charge on any atom is 0.143 e. The van der Waals surface area contributed by atoms with Gasteiger partial charge < -0.3 is 28.4 Å². The van der Waals surface area contributed by atoms with Gasteiger partial charge in [-0.1, -0.05) is 212 Å². The minimum atomic E-state index is -0.861. The summed E-state index contributed by atoms with van der Waals surface area (Å²) in [7, 11) is 0. The monoisotopic (exact) mass is 832 g/mol. The minimum Gasteiger partial charge on any atom is -0.491 e. The Labute approximate surface area is 371 Å². The van der Waals surface area contributed by atoms with E-state index in [-0.39, 0.29) is 13.2 Å². The molecule has 316 valence electrons. The van der Waals surface area contributed by atoms with E-state index in [9.17, 15) is 0 Å². The fraction of sp³-hybridized carbons (Fsp3) is 0.158. The molecule has 0 amide bonds. The first kappa shape index (κ1) is 42.7. The first-order valence-electron chi connectivity index (χ1n) is 21.5. The molecule has 0 spiro atoms. The lowest BCUT2D eigenvalue weighted by molar-refractivity contribution is -0.00340. The molecule has 0 aromatic heterocycles. The number of hydrogen-bond acceptors (Lipinski definition) is 6. The number of benzene rings is 8. The zero-order valence-corrected chi connectivity index (χ0v) is 35.3. The summed E-state index contributed by atoms with van der Waals surface area (Å²) in [4.78, 5) is 0. The van der Waals surface area contributed by atoms with Crippen molar-refractivity contribution in [1.82, 2.24) is 0 Å². The summed E-state index contributed by atoms with van der Waals surface area (Å²) in [6.45, 7) is 2.41. The number of ether oxygens (including phenoxy) is 6. The largest absolute Gasteiger partial charge is 0.491 e. The minimum absolute atomic E-state index is 0.272. The van der Waals surface area contributed by atoms with Crippen molar-refractivity contribution < 1.29 is 28.4 Å². The van der Waals surface area contributed by atoms with Crippen LogP contribution in [0.15, 0.2) is 231 Å². The van der Waals surface area contributed by atoms with E-state index in [1.54, 1.807) is 0 Å². The maximum atomic E-state index is 7.00. The predicted molar refractivity (Wildman–Crippen MR) is 249 cm³/mol. The molecule has 0 aliphatic carbocycles. The summed E-state index contributed by atoms with van der Waals surface area (Å²) < 4.78 is 39.1. The quantitative estimate of drug-likeness (QED) is 0.0501. The van der Waals surface area contributed by atoms with Crippen molar-refractivity contribution in [3.8, 4) is 17.2 Å². The smallest absolute Gasteiger partial charge is 0.143 e. The van der Waals surface area contributed by atoms with Crippen LogP contribution in [0.3, 0.4) is 0 Å². The SMILES string of the molecule is c1ccc(COCCOc2cc(OCCOC(c3ccccc3)(c3ccccc3)c3ccccc3)cc(OCCOC(c3ccccc3)(c3ccccc3)c3ccccc3)c2)cc1. The third-order valence-electron chi connectivity index (χ3n) is 10.9. The molecule has 8 rings (SSSR count). The molecule has 0 aliphatic rings. The van der Waals surface area contributed by atoms with Crippen LogP contribution in [0, 0.1) is 0 Å². The van der Waals surface area contributed by atoms with Crippen LogP contribution in [0.25, 0.3) is 0 Å². The van der Waals surface area contributed by atoms with Crippen LogP contribution in [-0.4, -0.2) is 39.6 Å². The molecule has 0 radical (unpaired) electrons. The van der Waals surface area contributed by atoms with Gasteiger partial charge >= 0.3 is 0 Å². The number of rotatable bonds is 22. The van der Waals surface area contributed by atoms with Crippen LogP contribution in [0.5, 0.6) is 17.2 Å². The number of hydrogen-bond donors (Lipinski definition) is 0. The molecule has 0 saturated heterocycles. The Morgan fingerprint density at radius 3 is 0.810 bits per heavy atom. The van der Waals surface area contributed by atoms with Gasteiger partial charge in [-0.25, -0.2) is 0 Å². The second kappa shape index (κ2) is 21.7. The van der Waals surface area contributed by atoms with E-state index in [1.807, 2.05) is 158 Å². The van der Waals surface area contributed by atoms with Crippen LogP contribution >= 0.6 is 0 Å². The van der Waals surface area contributed by atoms with Crippen molar-refractivity contribution in [1.29, 1.82) is 0 Å². The van der Waals surface area contributed by atoms with Gasteiger partial charge in [0, 0.05) is 18.2 Å². The Morgan fingerprint density at radius 1 is 0.270 bits per heavy atom. The van der Waals surface area contributed by atoms with Crippen LogP contribution in [0.4, 0.5) is 0 Å². The van der Waals surface area contributed by atoms with Crippen molar-refractivity contribution in [3.05, 3.63) is 269 Å². The maximum absolute atomic E-state index is 7.00. The van der Waals surface area contributed by atoms with Crippen LogP contribution in [-0.2, 0) is 32.0 Å². The van der Waals surface area contributed by atoms with Crippen molar-refractivity contribution in [2.45, 2.75) is 17.8 Å². The molecule has 0 heterocycles. The van der Waals surface area contributed by atoms with Gasteiger partial charge in [-0.3, -0.25) is 0 Å². The molecular weight excluding hydrogens is 781 g/mol. The van der Waals surface area contributed by atoms with Crippen molar-refractivity contribution in [2.24, 2.45) is 0 Å². The molecule has 0 aliphatic heterocycles. The van der Waals surface area contributed by atoms with Crippen molar-refractivity contribution in [3.63, 3.8) is 0 Å². The molecule has 0 bridgehead atoms. The van der Waals surface area contributed by atoms with E-state index in [0.29, 0.717) is 50.3 Å². The summed E-state index contributed by atoms with van der Waals surface area (Å²) in [5.74, 6) is 1.79. The predicted octanol–water partition coefficient (Wildman–Crippen LogP) is 12.1. The van der Waals surface area contributed by atoms with E-state index in [4.69, 9.17) is 28.4 Å². The molecule has 6 heteroatoms. The molecule has 8 aromatic carbocycles. The fourth-order valence-electron chi connectivity index (χ4n) is 8.02. The first-order valence-corrected chi connectivity index (χ1v) is 21.5. The second-order valence-electron chi connectivity index (χ2n) is 15.0. The Hall–Kier alpha value is -6.96. The topological polar surface area (TPSA) is 55.4 Å². The first-order chi connectivity index (χ1) is 31.2. The molecule has 0 unspecified atom stereocenters. The van der Waals surface area contributed by atoms with Gasteiger partial charge in [0.1, 0.15) is 48.3 Å². The summed E-state index contributed by atoms with van der Waals surface area (Å²) in [6.07, 6.45) is 0. The fourth-order valence-corrected chi connectivity index (χ4v) is 8.02. The van der Waals surface area contributed by atoms with E-state index in [1.165, 1.54) is 0 Å². The zero-order chi connectivity index (χ0) is 42.8. The van der Waals surface area contributed by atoms with Gasteiger partial charge in [-0.05, 0) is 38.9 Å². The molecule has 8 aromatic rings. The molecule has 0 saturated carbocycles. The lowest BCUT2D eigenvalue weighted by Gasteiger charge is -2.36. The lowest BCUT2D eigenvalue weighted by Crippen LogP contribution is -2.34. The molecule has 0 fully saturated rings. The zero-order valence-electron chi connectivity index (χ0n) is 35.3. The van der Waals surface area contributed by atoms with Gasteiger partial charge in [0.05, 0.1) is 26.4 Å². The average Bonchev–Trinajstić information content (AvgIpc) is 3.36. The Bertz CT molecular complexity index is 2180. The third-order valence-corrected chi connectivity index (χ3v) is 10.9. The standard InChI is InChI=1S/C57H52O6/c1-8-22-46(23-9-1)45-58-36-37-59-53-42-54(60-38-40-62-56(47-24-10-2-11-25-47,48-26-12-3-13-27-48)49-28-14-4-15-29-49)44-55(43-53)61-39-41-63-57(50-30-16-5-17-31-50,51-32-18-6-19-33-51)52-34-20-7-21-35-52/h1-35,42-44H,36-41,45H2. The van der Waals surface area contributed by atoms with Crippen molar-refractivity contribution >= 4 is 0 Å². The highest BCUT2D eigenvalue weighted by Crippen LogP contribution is 2.42. The summed E-state index contributed by atoms with van der Waals surface area (Å²) in [5, 5.41) is 0. The Kier molecular flexibility index (Phi) is 14.7. The highest BCUT2D eigenvalue weighted by Gasteiger charge is 2.38. The Balaban J connectivity index is 1.00. The van der Waals surface area contributed by atoms with E-state index in [0.717, 1.165) is 38.9 Å². The van der Waals surface area contributed by atoms with E-state index < -0.39 is 11.2 Å². The van der Waals surface area contributed by atoms with Crippen LogP contribution < -0.4 is 14.2 Å². The van der Waals surface area contributed by atoms with E-state index >= 15 is 0 Å². The van der Waals surface area contributed by atoms with Gasteiger partial charge in [0.15, 0.2) is 0 Å². The van der Waals surface area contributed by atoms with Gasteiger partial charge in [0.2, 0.25) is 0 Å². The van der Waals surface area contributed by atoms with Gasteiger partial charge in [-0.2, -0.15) is 0 Å². The van der Waals surface area contributed by atoms with Gasteiger partial charge in [0.25, 0.3) is 0 Å². The normalized spacial score (nSPS) is 11.5. The molecule has 63 heavy (non-hydrogen) atoms. The highest BCUT2D eigenvalue weighted by molar-refractivity contribution is 5.49. The lowest BCUT2D eigenvalue weighted by atomic mass is 9.80. The molecule has 6 nitrogen and oxygen atoms in total. The summed E-state index contributed by atoms with van der Waals surface area (Å²) >= 11 is 0. The summed E-state index contributed by atoms with van der Waals surface area (Å²) in [6, 6.07) is 77.8. The second-order valence-corrected chi connectivity index (χ2v) is 15.0. The van der Waals surface area contributed by atoms with Crippen molar-refractivity contribution in [2.75, 3.05) is 39.6 Å². The van der Waals surface area contributed by atoms with Crippen LogP contribution in [0.1, 0.15) is 38.9 Å². The Morgan fingerprint density at radius 2 is 0.524 bits per heavy atom. The van der Waals surface area contributed by atoms with E-state index in [2.05, 4.69) is 72.8 Å². The summed E-state index contributed by atoms with van der Waals surface area (Å²) in [5.41, 5.74) is 5.56. The highest BCUT2D eigenvalue weighted by atomic mass is 16.6.